The summed E-state index contributed by atoms with van der Waals surface area (Å²) in [6.45, 7) is 0.834. The van der Waals surface area contributed by atoms with E-state index in [4.69, 9.17) is 25.7 Å². The molecule has 0 aliphatic heterocycles. The zero-order valence-electron chi connectivity index (χ0n) is 27.3. The number of sulfone groups is 1. The van der Waals surface area contributed by atoms with Crippen molar-refractivity contribution >= 4 is 60.6 Å². The van der Waals surface area contributed by atoms with Crippen molar-refractivity contribution in [2.24, 2.45) is 0 Å². The molecule has 11 nitrogen and oxygen atoms in total. The number of furan rings is 1. The molecule has 4 aromatic carbocycles. The number of hydrogen-bond acceptors (Lipinski definition) is 11. The number of fused-ring (bicyclic) bond motifs is 2. The maximum atomic E-state index is 13.7. The van der Waals surface area contributed by atoms with Crippen molar-refractivity contribution in [3.63, 3.8) is 0 Å². The minimum absolute atomic E-state index is 0.0409. The van der Waals surface area contributed by atoms with Crippen molar-refractivity contribution < 1.29 is 22.0 Å². The summed E-state index contributed by atoms with van der Waals surface area (Å²) in [6, 6.07) is 28.6. The summed E-state index contributed by atoms with van der Waals surface area (Å²) in [7, 11) is -3.06. The Hall–Kier alpha value is -5.63. The van der Waals surface area contributed by atoms with Gasteiger partial charge in [-0.1, -0.05) is 35.9 Å². The summed E-state index contributed by atoms with van der Waals surface area (Å²) in [6.07, 6.45) is 4.18. The fourth-order valence-electron chi connectivity index (χ4n) is 5.45. The lowest BCUT2D eigenvalue weighted by atomic mass is 10.1. The molecule has 7 rings (SSSR count). The van der Waals surface area contributed by atoms with Gasteiger partial charge < -0.3 is 14.5 Å². The average Bonchev–Trinajstić information content (AvgIpc) is 3.60. The van der Waals surface area contributed by atoms with Crippen molar-refractivity contribution in [3.05, 3.63) is 132 Å². The molecule has 51 heavy (non-hydrogen) atoms. The van der Waals surface area contributed by atoms with Gasteiger partial charge in [-0.15, -0.1) is 0 Å². The van der Waals surface area contributed by atoms with Crippen LogP contribution in [0.25, 0.3) is 33.1 Å². The highest BCUT2D eigenvalue weighted by atomic mass is 35.5. The number of hydrogen-bond donors (Lipinski definition) is 2. The number of aromatic nitrogens is 4. The van der Waals surface area contributed by atoms with Crippen molar-refractivity contribution in [3.8, 4) is 17.1 Å². The third kappa shape index (κ3) is 8.07. The first-order valence-electron chi connectivity index (χ1n) is 15.9. The zero-order valence-corrected chi connectivity index (χ0v) is 28.8. The van der Waals surface area contributed by atoms with E-state index >= 15 is 0 Å². The van der Waals surface area contributed by atoms with Crippen LogP contribution in [0.2, 0.25) is 5.02 Å². The molecule has 0 fully saturated rings. The number of para-hydroxylation sites is 1. The van der Waals surface area contributed by atoms with E-state index in [9.17, 15) is 12.8 Å². The molecule has 0 aliphatic rings. The first-order valence-corrected chi connectivity index (χ1v) is 18.3. The van der Waals surface area contributed by atoms with Crippen LogP contribution in [0.1, 0.15) is 11.3 Å². The molecule has 0 amide bonds. The molecular formula is C37H31ClFN7O4S. The van der Waals surface area contributed by atoms with Gasteiger partial charge in [-0.25, -0.2) is 37.8 Å². The van der Waals surface area contributed by atoms with Gasteiger partial charge in [0, 0.05) is 29.1 Å². The molecule has 3 aromatic heterocycles. The van der Waals surface area contributed by atoms with E-state index in [-0.39, 0.29) is 18.2 Å². The molecule has 0 unspecified atom stereocenters. The average molecular weight is 724 g/mol. The molecule has 258 valence electrons. The number of nitrogens with one attached hydrogen (secondary N) is 2. The lowest BCUT2D eigenvalue weighted by Crippen LogP contribution is -2.26. The summed E-state index contributed by atoms with van der Waals surface area (Å²) in [4.78, 5) is 18.2. The zero-order chi connectivity index (χ0) is 35.4. The standard InChI is InChI=1S/C37H31ClFN7O4S/c1-51(47,48)16-15-40-20-28-11-14-34(50-28)25-9-12-33-30(18-25)37(44-23-42-33)46(45-36-29-7-2-3-8-32(29)41-22-43-36)27-10-13-35(31(38)19-27)49-21-24-5-4-6-26(39)17-24/h2-14,17-19,22-23,40H,15-16,20-21H2,1H3,(H,41,43,45). The van der Waals surface area contributed by atoms with Crippen LogP contribution >= 0.6 is 11.6 Å². The van der Waals surface area contributed by atoms with E-state index in [1.807, 2.05) is 60.7 Å². The fraction of sp³-hybridized carbons (Fsp3) is 0.135. The van der Waals surface area contributed by atoms with Gasteiger partial charge in [0.25, 0.3) is 0 Å². The minimum atomic E-state index is -3.06. The lowest BCUT2D eigenvalue weighted by Gasteiger charge is -2.27. The van der Waals surface area contributed by atoms with E-state index in [0.29, 0.717) is 69.2 Å². The third-order valence-electron chi connectivity index (χ3n) is 7.94. The highest BCUT2D eigenvalue weighted by Crippen LogP contribution is 2.37. The van der Waals surface area contributed by atoms with Crippen molar-refractivity contribution in [2.45, 2.75) is 13.2 Å². The number of rotatable bonds is 13. The topological polar surface area (TPSA) is 135 Å². The van der Waals surface area contributed by atoms with Gasteiger partial charge in [0.05, 0.1) is 34.0 Å². The molecule has 0 atom stereocenters. The summed E-state index contributed by atoms with van der Waals surface area (Å²) >= 11 is 6.79. The number of halogens is 2. The van der Waals surface area contributed by atoms with Gasteiger partial charge in [-0.3, -0.25) is 5.43 Å². The summed E-state index contributed by atoms with van der Waals surface area (Å²) in [5.74, 6) is 2.44. The number of benzene rings is 4. The monoisotopic (exact) mass is 723 g/mol. The Morgan fingerprint density at radius 2 is 1.69 bits per heavy atom. The van der Waals surface area contributed by atoms with Crippen molar-refractivity contribution in [1.82, 2.24) is 25.3 Å². The molecule has 7 aromatic rings. The Labute approximate surface area is 298 Å². The van der Waals surface area contributed by atoms with E-state index in [1.165, 1.54) is 31.0 Å². The van der Waals surface area contributed by atoms with Gasteiger partial charge in [-0.2, -0.15) is 0 Å². The molecule has 0 saturated carbocycles. The second-order valence-electron chi connectivity index (χ2n) is 11.7. The molecule has 0 radical (unpaired) electrons. The van der Waals surface area contributed by atoms with Crippen LogP contribution in [0.3, 0.4) is 0 Å². The second kappa shape index (κ2) is 14.7. The second-order valence-corrected chi connectivity index (χ2v) is 14.4. The quantitative estimate of drug-likeness (QED) is 0.0904. The molecule has 0 aliphatic carbocycles. The maximum absolute atomic E-state index is 13.7. The first kappa shape index (κ1) is 33.8. The van der Waals surface area contributed by atoms with E-state index < -0.39 is 9.84 Å². The largest absolute Gasteiger partial charge is 0.487 e. The molecule has 0 spiro atoms. The Balaban J connectivity index is 1.24. The third-order valence-corrected chi connectivity index (χ3v) is 9.18. The Kier molecular flexibility index (Phi) is 9.75. The number of nitrogens with zero attached hydrogens (tertiary/aromatic N) is 5. The highest BCUT2D eigenvalue weighted by molar-refractivity contribution is 7.90. The maximum Gasteiger partial charge on any atom is 0.163 e. The van der Waals surface area contributed by atoms with Gasteiger partial charge in [0.1, 0.15) is 52.2 Å². The van der Waals surface area contributed by atoms with Gasteiger partial charge in [0.15, 0.2) is 11.6 Å². The number of hydrazine groups is 1. The van der Waals surface area contributed by atoms with E-state index in [0.717, 1.165) is 16.5 Å². The van der Waals surface area contributed by atoms with Crippen molar-refractivity contribution in [1.29, 1.82) is 0 Å². The highest BCUT2D eigenvalue weighted by Gasteiger charge is 2.20. The van der Waals surface area contributed by atoms with Crippen LogP contribution in [0, 0.1) is 5.82 Å². The van der Waals surface area contributed by atoms with Crippen LogP contribution in [-0.2, 0) is 23.0 Å². The first-order chi connectivity index (χ1) is 24.7. The van der Waals surface area contributed by atoms with Crippen LogP contribution in [-0.4, -0.2) is 46.9 Å². The molecule has 0 bridgehead atoms. The van der Waals surface area contributed by atoms with Crippen LogP contribution in [0.5, 0.6) is 5.75 Å². The Morgan fingerprint density at radius 1 is 0.863 bits per heavy atom. The molecule has 14 heteroatoms. The van der Waals surface area contributed by atoms with E-state index in [1.54, 1.807) is 29.3 Å². The predicted molar refractivity (Wildman–Crippen MR) is 196 cm³/mol. The van der Waals surface area contributed by atoms with Crippen LogP contribution < -0.4 is 20.5 Å². The minimum Gasteiger partial charge on any atom is -0.487 e. The van der Waals surface area contributed by atoms with E-state index in [2.05, 4.69) is 25.7 Å². The van der Waals surface area contributed by atoms with Gasteiger partial charge in [-0.05, 0) is 78.4 Å². The summed E-state index contributed by atoms with van der Waals surface area (Å²) in [5, 5.41) is 6.69. The summed E-state index contributed by atoms with van der Waals surface area (Å²) in [5.41, 5.74) is 6.94. The number of anilines is 3. The number of ether oxygens (including phenoxy) is 1. The van der Waals surface area contributed by atoms with Crippen molar-refractivity contribution in [2.75, 3.05) is 29.0 Å². The Morgan fingerprint density at radius 3 is 2.51 bits per heavy atom. The normalized spacial score (nSPS) is 11.6. The fourth-order valence-corrected chi connectivity index (χ4v) is 6.19. The molecule has 2 N–H and O–H groups in total. The van der Waals surface area contributed by atoms with Gasteiger partial charge >= 0.3 is 0 Å². The Bertz CT molecular complexity index is 2460. The predicted octanol–water partition coefficient (Wildman–Crippen LogP) is 7.50. The van der Waals surface area contributed by atoms with Crippen LogP contribution in [0.4, 0.5) is 21.7 Å². The molecule has 0 saturated heterocycles. The molecular weight excluding hydrogens is 693 g/mol. The smallest absolute Gasteiger partial charge is 0.163 e. The van der Waals surface area contributed by atoms with Crippen LogP contribution in [0.15, 0.2) is 114 Å². The van der Waals surface area contributed by atoms with Gasteiger partial charge in [0.2, 0.25) is 0 Å². The molecule has 3 heterocycles. The lowest BCUT2D eigenvalue weighted by molar-refractivity contribution is 0.306. The SMILES string of the molecule is CS(=O)(=O)CCNCc1ccc(-c2ccc3ncnc(N(Nc4ncnc5ccccc45)c4ccc(OCc5cccc(F)c5)c(Cl)c4)c3c2)o1. The summed E-state index contributed by atoms with van der Waals surface area (Å²) < 4.78 is 48.7.